The van der Waals surface area contributed by atoms with Crippen LogP contribution in [0.25, 0.3) is 11.3 Å². The molecule has 5 nitrogen and oxygen atoms in total. The highest BCUT2D eigenvalue weighted by Gasteiger charge is 2.12. The summed E-state index contributed by atoms with van der Waals surface area (Å²) < 4.78 is 37.5. The lowest BCUT2D eigenvalue weighted by Crippen LogP contribution is -2.25. The van der Waals surface area contributed by atoms with Crippen LogP contribution in [0.2, 0.25) is 0 Å². The maximum atomic E-state index is 13.7. The lowest BCUT2D eigenvalue weighted by Gasteiger charge is -2.07. The SMILES string of the molecule is CC(C)OCCCNC(=O)CCc1ncc(-c2ccc(F)cc2F)o1. The van der Waals surface area contributed by atoms with E-state index in [1.807, 2.05) is 13.8 Å². The second-order valence-corrected chi connectivity index (χ2v) is 5.87. The van der Waals surface area contributed by atoms with Crippen LogP contribution in [0.5, 0.6) is 0 Å². The van der Waals surface area contributed by atoms with E-state index in [-0.39, 0.29) is 29.8 Å². The quantitative estimate of drug-likeness (QED) is 0.702. The van der Waals surface area contributed by atoms with Crippen LogP contribution < -0.4 is 5.32 Å². The van der Waals surface area contributed by atoms with Crippen LogP contribution in [0.3, 0.4) is 0 Å². The van der Waals surface area contributed by atoms with Gasteiger partial charge in [0.25, 0.3) is 0 Å². The molecule has 0 aliphatic heterocycles. The highest BCUT2D eigenvalue weighted by atomic mass is 19.1. The summed E-state index contributed by atoms with van der Waals surface area (Å²) in [6, 6.07) is 3.23. The lowest BCUT2D eigenvalue weighted by molar-refractivity contribution is -0.121. The fourth-order valence-electron chi connectivity index (χ4n) is 2.17. The summed E-state index contributed by atoms with van der Waals surface area (Å²) in [7, 11) is 0. The van der Waals surface area contributed by atoms with Crippen molar-refractivity contribution in [2.75, 3.05) is 13.2 Å². The number of hydrogen-bond acceptors (Lipinski definition) is 4. The fourth-order valence-corrected chi connectivity index (χ4v) is 2.17. The summed E-state index contributed by atoms with van der Waals surface area (Å²) in [5.41, 5.74) is 0.134. The third kappa shape index (κ3) is 6.26. The number of benzene rings is 1. The molecule has 0 spiro atoms. The van der Waals surface area contributed by atoms with E-state index in [2.05, 4.69) is 10.3 Å². The number of aryl methyl sites for hydroxylation is 1. The summed E-state index contributed by atoms with van der Waals surface area (Å²) in [6.07, 6.45) is 2.82. The van der Waals surface area contributed by atoms with Gasteiger partial charge in [0.15, 0.2) is 11.7 Å². The summed E-state index contributed by atoms with van der Waals surface area (Å²) in [4.78, 5) is 15.8. The van der Waals surface area contributed by atoms with E-state index < -0.39 is 11.6 Å². The van der Waals surface area contributed by atoms with Gasteiger partial charge >= 0.3 is 0 Å². The maximum Gasteiger partial charge on any atom is 0.220 e. The zero-order chi connectivity index (χ0) is 18.2. The van der Waals surface area contributed by atoms with Gasteiger partial charge in [0.2, 0.25) is 5.91 Å². The van der Waals surface area contributed by atoms with Gasteiger partial charge in [-0.25, -0.2) is 13.8 Å². The van der Waals surface area contributed by atoms with Crippen molar-refractivity contribution < 1.29 is 22.7 Å². The Bertz CT molecular complexity index is 701. The second-order valence-electron chi connectivity index (χ2n) is 5.87. The van der Waals surface area contributed by atoms with Crippen LogP contribution in [0.1, 0.15) is 32.6 Å². The molecular formula is C18H22F2N2O3. The predicted molar refractivity (Wildman–Crippen MR) is 88.9 cm³/mol. The Hall–Kier alpha value is -2.28. The van der Waals surface area contributed by atoms with Crippen LogP contribution >= 0.6 is 0 Å². The molecule has 136 valence electrons. The third-order valence-electron chi connectivity index (χ3n) is 3.41. The molecule has 0 atom stereocenters. The van der Waals surface area contributed by atoms with Crippen LogP contribution in [-0.4, -0.2) is 30.1 Å². The molecular weight excluding hydrogens is 330 g/mol. The minimum Gasteiger partial charge on any atom is -0.441 e. The smallest absolute Gasteiger partial charge is 0.220 e. The van der Waals surface area contributed by atoms with Crippen molar-refractivity contribution in [2.24, 2.45) is 0 Å². The number of nitrogens with one attached hydrogen (secondary N) is 1. The minimum atomic E-state index is -0.718. The van der Waals surface area contributed by atoms with Crippen molar-refractivity contribution in [3.05, 3.63) is 41.9 Å². The van der Waals surface area contributed by atoms with E-state index in [9.17, 15) is 13.6 Å². The van der Waals surface area contributed by atoms with Crippen LogP contribution in [0, 0.1) is 11.6 Å². The molecule has 0 bridgehead atoms. The van der Waals surface area contributed by atoms with Gasteiger partial charge < -0.3 is 14.5 Å². The molecule has 0 radical (unpaired) electrons. The minimum absolute atomic E-state index is 0.114. The lowest BCUT2D eigenvalue weighted by atomic mass is 10.2. The first kappa shape index (κ1) is 19.1. The number of hydrogen-bond donors (Lipinski definition) is 1. The molecule has 2 rings (SSSR count). The van der Waals surface area contributed by atoms with Crippen molar-refractivity contribution in [3.63, 3.8) is 0 Å². The molecule has 1 aromatic heterocycles. The van der Waals surface area contributed by atoms with Crippen molar-refractivity contribution in [3.8, 4) is 11.3 Å². The Morgan fingerprint density at radius 1 is 1.36 bits per heavy atom. The van der Waals surface area contributed by atoms with E-state index in [4.69, 9.17) is 9.15 Å². The van der Waals surface area contributed by atoms with Gasteiger partial charge in [-0.1, -0.05) is 0 Å². The predicted octanol–water partition coefficient (Wildman–Crippen LogP) is 3.48. The fraction of sp³-hybridized carbons (Fsp3) is 0.444. The molecule has 0 fully saturated rings. The van der Waals surface area contributed by atoms with Crippen molar-refractivity contribution in [1.29, 1.82) is 0 Å². The van der Waals surface area contributed by atoms with E-state index in [0.29, 0.717) is 25.5 Å². The van der Waals surface area contributed by atoms with E-state index in [1.165, 1.54) is 12.3 Å². The number of aromatic nitrogens is 1. The molecule has 0 aliphatic rings. The van der Waals surface area contributed by atoms with Crippen LogP contribution in [0.4, 0.5) is 8.78 Å². The third-order valence-corrected chi connectivity index (χ3v) is 3.41. The van der Waals surface area contributed by atoms with Gasteiger partial charge in [0, 0.05) is 32.1 Å². The zero-order valence-corrected chi connectivity index (χ0v) is 14.4. The number of amides is 1. The van der Waals surface area contributed by atoms with Gasteiger partial charge in [0.05, 0.1) is 17.9 Å². The van der Waals surface area contributed by atoms with Gasteiger partial charge in [-0.2, -0.15) is 0 Å². The summed E-state index contributed by atoms with van der Waals surface area (Å²) in [5, 5.41) is 2.79. The molecule has 0 unspecified atom stereocenters. The number of carbonyl (C=O) groups excluding carboxylic acids is 1. The van der Waals surface area contributed by atoms with Crippen LogP contribution in [0.15, 0.2) is 28.8 Å². The first-order valence-corrected chi connectivity index (χ1v) is 8.24. The first-order chi connectivity index (χ1) is 12.0. The Kier molecular flexibility index (Phi) is 7.06. The molecule has 0 saturated heterocycles. The number of carbonyl (C=O) groups is 1. The zero-order valence-electron chi connectivity index (χ0n) is 14.4. The largest absolute Gasteiger partial charge is 0.441 e. The number of nitrogens with zero attached hydrogens (tertiary/aromatic N) is 1. The monoisotopic (exact) mass is 352 g/mol. The molecule has 0 aliphatic carbocycles. The number of oxazole rings is 1. The molecule has 1 amide bonds. The van der Waals surface area contributed by atoms with Gasteiger partial charge in [-0.05, 0) is 32.4 Å². The average Bonchev–Trinajstić information content (AvgIpc) is 3.01. The van der Waals surface area contributed by atoms with Crippen LogP contribution in [-0.2, 0) is 16.0 Å². The highest BCUT2D eigenvalue weighted by molar-refractivity contribution is 5.76. The average molecular weight is 352 g/mol. The Morgan fingerprint density at radius 3 is 2.88 bits per heavy atom. The number of halogens is 2. The highest BCUT2D eigenvalue weighted by Crippen LogP contribution is 2.24. The topological polar surface area (TPSA) is 64.4 Å². The molecule has 7 heteroatoms. The van der Waals surface area contributed by atoms with Gasteiger partial charge in [-0.3, -0.25) is 4.79 Å². The molecule has 1 heterocycles. The van der Waals surface area contributed by atoms with Crippen molar-refractivity contribution >= 4 is 5.91 Å². The number of rotatable bonds is 9. The molecule has 1 aromatic carbocycles. The Labute approximate surface area is 145 Å². The number of ether oxygens (including phenoxy) is 1. The molecule has 25 heavy (non-hydrogen) atoms. The summed E-state index contributed by atoms with van der Waals surface area (Å²) in [5.74, 6) is -0.950. The summed E-state index contributed by atoms with van der Waals surface area (Å²) in [6.45, 7) is 5.06. The van der Waals surface area contributed by atoms with Crippen molar-refractivity contribution in [1.82, 2.24) is 10.3 Å². The molecule has 2 aromatic rings. The van der Waals surface area contributed by atoms with E-state index in [1.54, 1.807) is 0 Å². The standard InChI is InChI=1S/C18H22F2N2O3/c1-12(2)24-9-3-8-21-17(23)6-7-18-22-11-16(25-18)14-5-4-13(19)10-15(14)20/h4-5,10-12H,3,6-9H2,1-2H3,(H,21,23). The normalized spacial score (nSPS) is 11.1. The van der Waals surface area contributed by atoms with E-state index >= 15 is 0 Å². The molecule has 0 saturated carbocycles. The van der Waals surface area contributed by atoms with Gasteiger partial charge in [0.1, 0.15) is 11.6 Å². The van der Waals surface area contributed by atoms with Crippen molar-refractivity contribution in [2.45, 2.75) is 39.2 Å². The Balaban J connectivity index is 1.76. The maximum absolute atomic E-state index is 13.7. The molecule has 1 N–H and O–H groups in total. The van der Waals surface area contributed by atoms with Gasteiger partial charge in [-0.15, -0.1) is 0 Å². The first-order valence-electron chi connectivity index (χ1n) is 8.24. The second kappa shape index (κ2) is 9.27. The summed E-state index contributed by atoms with van der Waals surface area (Å²) >= 11 is 0. The Morgan fingerprint density at radius 2 is 2.16 bits per heavy atom. The van der Waals surface area contributed by atoms with E-state index in [0.717, 1.165) is 18.6 Å².